The van der Waals surface area contributed by atoms with Gasteiger partial charge in [0.25, 0.3) is 0 Å². The molecule has 2 aromatic rings. The van der Waals surface area contributed by atoms with Crippen LogP contribution in [0.5, 0.6) is 5.75 Å². The van der Waals surface area contributed by atoms with Crippen LogP contribution in [0.1, 0.15) is 0 Å². The molecule has 1 N–H and O–H groups in total. The quantitative estimate of drug-likeness (QED) is 0.758. The van der Waals surface area contributed by atoms with Gasteiger partial charge in [-0.1, -0.05) is 30.3 Å². The number of benzene rings is 2. The van der Waals surface area contributed by atoms with E-state index in [9.17, 15) is 17.4 Å². The van der Waals surface area contributed by atoms with E-state index in [0.717, 1.165) is 6.07 Å². The Morgan fingerprint density at radius 2 is 1.73 bits per heavy atom. The highest BCUT2D eigenvalue weighted by Crippen LogP contribution is 2.32. The van der Waals surface area contributed by atoms with Crippen molar-refractivity contribution in [3.63, 3.8) is 0 Å². The fourth-order valence-electron chi connectivity index (χ4n) is 1.49. The van der Waals surface area contributed by atoms with Crippen molar-refractivity contribution in [2.45, 2.75) is 4.90 Å². The summed E-state index contributed by atoms with van der Waals surface area (Å²) in [4.78, 5) is -0.666. The maximum Gasteiger partial charge on any atom is 0.336 e. The van der Waals surface area contributed by atoms with Crippen LogP contribution in [0, 0.1) is 0 Å². The predicted molar refractivity (Wildman–Crippen MR) is 53.9 cm³/mol. The monoisotopic (exact) mass is 226 g/mol. The molecule has 0 saturated heterocycles. The number of fused-ring (bicyclic) bond motifs is 1. The SMILES string of the molecule is O=S(=O)(F)c1c(O)ccc2ccccc12. The molecule has 3 nitrogen and oxygen atoms in total. The number of phenolic OH excluding ortho intramolecular Hbond substituents is 1. The molecule has 5 heteroatoms. The Bertz CT molecular complexity index is 620. The Morgan fingerprint density at radius 3 is 2.40 bits per heavy atom. The summed E-state index contributed by atoms with van der Waals surface area (Å²) in [7, 11) is -4.91. The van der Waals surface area contributed by atoms with E-state index in [1.165, 1.54) is 12.1 Å². The van der Waals surface area contributed by atoms with Crippen LogP contribution in [-0.2, 0) is 10.2 Å². The van der Waals surface area contributed by atoms with E-state index in [-0.39, 0.29) is 5.39 Å². The largest absolute Gasteiger partial charge is 0.506 e. The summed E-state index contributed by atoms with van der Waals surface area (Å²) in [5, 5.41) is 10.1. The lowest BCUT2D eigenvalue weighted by molar-refractivity contribution is 0.457. The zero-order chi connectivity index (χ0) is 11.1. The molecule has 2 rings (SSSR count). The Labute approximate surface area is 86.0 Å². The van der Waals surface area contributed by atoms with Crippen molar-refractivity contribution < 1.29 is 17.4 Å². The van der Waals surface area contributed by atoms with Crippen LogP contribution < -0.4 is 0 Å². The van der Waals surface area contributed by atoms with Gasteiger partial charge >= 0.3 is 10.2 Å². The van der Waals surface area contributed by atoms with Gasteiger partial charge in [-0.15, -0.1) is 3.89 Å². The third kappa shape index (κ3) is 1.66. The molecule has 2 aromatic carbocycles. The van der Waals surface area contributed by atoms with Crippen molar-refractivity contribution in [3.8, 4) is 5.75 Å². The van der Waals surface area contributed by atoms with Crippen molar-refractivity contribution >= 4 is 21.0 Å². The first-order valence-electron chi connectivity index (χ1n) is 4.15. The summed E-state index contributed by atoms with van der Waals surface area (Å²) in [5.41, 5.74) is 0. The molecule has 0 heterocycles. The summed E-state index contributed by atoms with van der Waals surface area (Å²) in [6.07, 6.45) is 0. The first-order valence-corrected chi connectivity index (χ1v) is 5.54. The number of hydrogen-bond acceptors (Lipinski definition) is 3. The van der Waals surface area contributed by atoms with Crippen LogP contribution in [0.15, 0.2) is 41.3 Å². The molecule has 0 aliphatic carbocycles. The van der Waals surface area contributed by atoms with E-state index >= 15 is 0 Å². The van der Waals surface area contributed by atoms with E-state index in [0.29, 0.717) is 5.39 Å². The third-order valence-corrected chi connectivity index (χ3v) is 3.02. The van der Waals surface area contributed by atoms with E-state index in [4.69, 9.17) is 0 Å². The average molecular weight is 226 g/mol. The summed E-state index contributed by atoms with van der Waals surface area (Å²) in [6.45, 7) is 0. The van der Waals surface area contributed by atoms with Crippen molar-refractivity contribution in [1.82, 2.24) is 0 Å². The molecule has 0 saturated carbocycles. The zero-order valence-electron chi connectivity index (χ0n) is 7.51. The lowest BCUT2D eigenvalue weighted by Crippen LogP contribution is -1.94. The van der Waals surface area contributed by atoms with Crippen LogP contribution in [0.2, 0.25) is 0 Å². The zero-order valence-corrected chi connectivity index (χ0v) is 8.33. The standard InChI is InChI=1S/C10H7FO3S/c11-15(13,14)10-8-4-2-1-3-7(8)5-6-9(10)12/h1-6,12H. The molecule has 0 aliphatic heterocycles. The normalized spacial score (nSPS) is 11.8. The Kier molecular flexibility index (Phi) is 2.12. The van der Waals surface area contributed by atoms with Crippen LogP contribution >= 0.6 is 0 Å². The van der Waals surface area contributed by atoms with Gasteiger partial charge in [0, 0.05) is 5.39 Å². The van der Waals surface area contributed by atoms with Crippen molar-refractivity contribution in [2.24, 2.45) is 0 Å². The molecule has 0 fully saturated rings. The Morgan fingerprint density at radius 1 is 1.07 bits per heavy atom. The highest BCUT2D eigenvalue weighted by atomic mass is 32.3. The highest BCUT2D eigenvalue weighted by Gasteiger charge is 2.20. The molecule has 0 aromatic heterocycles. The molecule has 0 bridgehead atoms. The molecular formula is C10H7FO3S. The van der Waals surface area contributed by atoms with Crippen molar-refractivity contribution in [2.75, 3.05) is 0 Å². The Balaban J connectivity index is 2.99. The van der Waals surface area contributed by atoms with Gasteiger partial charge < -0.3 is 5.11 Å². The van der Waals surface area contributed by atoms with Gasteiger partial charge in [-0.3, -0.25) is 0 Å². The van der Waals surface area contributed by atoms with Crippen LogP contribution in [0.3, 0.4) is 0 Å². The first kappa shape index (κ1) is 9.92. The second-order valence-electron chi connectivity index (χ2n) is 3.07. The van der Waals surface area contributed by atoms with Crippen LogP contribution in [-0.4, -0.2) is 13.5 Å². The summed E-state index contributed by atoms with van der Waals surface area (Å²) < 4.78 is 34.6. The minimum atomic E-state index is -4.91. The molecule has 0 aliphatic rings. The van der Waals surface area contributed by atoms with Crippen LogP contribution in [0.25, 0.3) is 10.8 Å². The fraction of sp³-hybridized carbons (Fsp3) is 0. The van der Waals surface area contributed by atoms with Gasteiger partial charge in [-0.2, -0.15) is 8.42 Å². The molecule has 0 amide bonds. The second kappa shape index (κ2) is 3.20. The molecule has 0 atom stereocenters. The molecule has 0 spiro atoms. The molecular weight excluding hydrogens is 219 g/mol. The molecule has 78 valence electrons. The summed E-state index contributed by atoms with van der Waals surface area (Å²) in [6, 6.07) is 9.06. The van der Waals surface area contributed by atoms with Gasteiger partial charge in [0.05, 0.1) is 0 Å². The van der Waals surface area contributed by atoms with Gasteiger partial charge in [-0.25, -0.2) is 0 Å². The summed E-state index contributed by atoms with van der Waals surface area (Å²) >= 11 is 0. The van der Waals surface area contributed by atoms with E-state index in [1.54, 1.807) is 18.2 Å². The van der Waals surface area contributed by atoms with Gasteiger partial charge in [0.15, 0.2) is 0 Å². The number of hydrogen-bond donors (Lipinski definition) is 1. The lowest BCUT2D eigenvalue weighted by atomic mass is 10.1. The topological polar surface area (TPSA) is 54.4 Å². The Hall–Kier alpha value is -1.62. The van der Waals surface area contributed by atoms with Crippen LogP contribution in [0.4, 0.5) is 3.89 Å². The molecule has 0 unspecified atom stereocenters. The lowest BCUT2D eigenvalue weighted by Gasteiger charge is -2.04. The number of rotatable bonds is 1. The smallest absolute Gasteiger partial charge is 0.336 e. The maximum absolute atomic E-state index is 12.9. The highest BCUT2D eigenvalue weighted by molar-refractivity contribution is 7.86. The van der Waals surface area contributed by atoms with E-state index in [1.807, 2.05) is 0 Å². The first-order chi connectivity index (χ1) is 7.00. The second-order valence-corrected chi connectivity index (χ2v) is 4.36. The minimum absolute atomic E-state index is 0.181. The van der Waals surface area contributed by atoms with Crippen molar-refractivity contribution in [3.05, 3.63) is 36.4 Å². The fourth-order valence-corrected chi connectivity index (χ4v) is 2.25. The average Bonchev–Trinajstić information content (AvgIpc) is 2.15. The van der Waals surface area contributed by atoms with E-state index < -0.39 is 20.9 Å². The van der Waals surface area contributed by atoms with E-state index in [2.05, 4.69) is 0 Å². The van der Waals surface area contributed by atoms with Gasteiger partial charge in [0.1, 0.15) is 10.6 Å². The van der Waals surface area contributed by atoms with Gasteiger partial charge in [-0.05, 0) is 11.5 Å². The minimum Gasteiger partial charge on any atom is -0.506 e. The number of aromatic hydroxyl groups is 1. The maximum atomic E-state index is 12.9. The van der Waals surface area contributed by atoms with Crippen molar-refractivity contribution in [1.29, 1.82) is 0 Å². The number of phenols is 1. The van der Waals surface area contributed by atoms with Gasteiger partial charge in [0.2, 0.25) is 0 Å². The molecule has 0 radical (unpaired) electrons. The summed E-state index contributed by atoms with van der Waals surface area (Å²) in [5.74, 6) is -0.573. The predicted octanol–water partition coefficient (Wildman–Crippen LogP) is 2.20. The number of halogens is 1. The molecule has 15 heavy (non-hydrogen) atoms. The third-order valence-electron chi connectivity index (χ3n) is 2.10.